The lowest BCUT2D eigenvalue weighted by Crippen LogP contribution is -2.35. The van der Waals surface area contributed by atoms with Gasteiger partial charge in [-0.15, -0.1) is 10.2 Å². The molecule has 4 heteroatoms. The Balaban J connectivity index is 2.12. The summed E-state index contributed by atoms with van der Waals surface area (Å²) in [5.74, 6) is 1.72. The van der Waals surface area contributed by atoms with Crippen LogP contribution >= 0.6 is 0 Å². The highest BCUT2D eigenvalue weighted by atomic mass is 15.2. The summed E-state index contributed by atoms with van der Waals surface area (Å²) >= 11 is 0. The third kappa shape index (κ3) is 1.72. The molecule has 4 nitrogen and oxygen atoms in total. The molecule has 1 aliphatic heterocycles. The molecule has 0 aromatic carbocycles. The summed E-state index contributed by atoms with van der Waals surface area (Å²) < 4.78 is 2.03. The first kappa shape index (κ1) is 8.69. The number of hydrogen-bond acceptors (Lipinski definition) is 3. The Kier molecular flexibility index (Phi) is 2.31. The fourth-order valence-corrected chi connectivity index (χ4v) is 2.03. The second-order valence-electron chi connectivity index (χ2n) is 3.88. The maximum Gasteiger partial charge on any atom is 0.135 e. The zero-order valence-corrected chi connectivity index (χ0v) is 8.20. The zero-order valence-electron chi connectivity index (χ0n) is 8.20. The molecule has 2 rings (SSSR count). The molecule has 0 radical (unpaired) electrons. The third-order valence-electron chi connectivity index (χ3n) is 2.74. The van der Waals surface area contributed by atoms with Gasteiger partial charge in [-0.05, 0) is 26.3 Å². The lowest BCUT2D eigenvalue weighted by molar-refractivity contribution is 0.366. The molecule has 1 N–H and O–H groups in total. The van der Waals surface area contributed by atoms with E-state index >= 15 is 0 Å². The van der Waals surface area contributed by atoms with Crippen molar-refractivity contribution in [2.45, 2.75) is 31.7 Å². The summed E-state index contributed by atoms with van der Waals surface area (Å²) in [4.78, 5) is 0. The largest absolute Gasteiger partial charge is 0.320 e. The molecule has 1 aromatic heterocycles. The number of rotatable bonds is 1. The molecule has 0 bridgehead atoms. The predicted molar refractivity (Wildman–Crippen MR) is 50.4 cm³/mol. The van der Waals surface area contributed by atoms with Crippen LogP contribution in [0, 0.1) is 0 Å². The zero-order chi connectivity index (χ0) is 9.26. The average molecular weight is 180 g/mol. The predicted octanol–water partition coefficient (Wildman–Crippen LogP) is 0.671. The molecule has 0 aliphatic carbocycles. The summed E-state index contributed by atoms with van der Waals surface area (Å²) in [5.41, 5.74) is 0. The summed E-state index contributed by atoms with van der Waals surface area (Å²) in [5, 5.41) is 11.5. The van der Waals surface area contributed by atoms with Crippen LogP contribution in [-0.4, -0.2) is 27.4 Å². The van der Waals surface area contributed by atoms with Gasteiger partial charge >= 0.3 is 0 Å². The van der Waals surface area contributed by atoms with Crippen LogP contribution in [0.5, 0.6) is 0 Å². The van der Waals surface area contributed by atoms with Gasteiger partial charge in [0.1, 0.15) is 12.2 Å². The van der Waals surface area contributed by atoms with Crippen molar-refractivity contribution in [2.24, 2.45) is 7.05 Å². The molecule has 1 aliphatic rings. The molecule has 72 valence electrons. The molecule has 1 aromatic rings. The maximum absolute atomic E-state index is 4.16. The van der Waals surface area contributed by atoms with Crippen LogP contribution in [0.15, 0.2) is 6.33 Å². The molecular weight excluding hydrogens is 164 g/mol. The molecule has 2 unspecified atom stereocenters. The molecule has 1 saturated heterocycles. The SMILES string of the molecule is CC1CC(c2nncn2C)CCN1. The number of nitrogens with one attached hydrogen (secondary N) is 1. The molecule has 1 fully saturated rings. The van der Waals surface area contributed by atoms with Gasteiger partial charge in [0.2, 0.25) is 0 Å². The lowest BCUT2D eigenvalue weighted by Gasteiger charge is -2.26. The Morgan fingerprint density at radius 1 is 1.62 bits per heavy atom. The van der Waals surface area contributed by atoms with E-state index in [1.54, 1.807) is 6.33 Å². The minimum atomic E-state index is 0.587. The summed E-state index contributed by atoms with van der Waals surface area (Å²) in [7, 11) is 2.02. The molecule has 13 heavy (non-hydrogen) atoms. The number of aromatic nitrogens is 3. The van der Waals surface area contributed by atoms with E-state index in [0.717, 1.165) is 12.4 Å². The normalized spacial score (nSPS) is 29.1. The minimum Gasteiger partial charge on any atom is -0.320 e. The monoisotopic (exact) mass is 180 g/mol. The van der Waals surface area contributed by atoms with Crippen molar-refractivity contribution in [1.82, 2.24) is 20.1 Å². The highest BCUT2D eigenvalue weighted by Crippen LogP contribution is 2.25. The molecule has 2 atom stereocenters. The van der Waals surface area contributed by atoms with Crippen molar-refractivity contribution in [3.63, 3.8) is 0 Å². The van der Waals surface area contributed by atoms with Crippen molar-refractivity contribution >= 4 is 0 Å². The molecular formula is C9H16N4. The Morgan fingerprint density at radius 2 is 2.46 bits per heavy atom. The van der Waals surface area contributed by atoms with E-state index in [1.807, 2.05) is 11.6 Å². The first-order valence-corrected chi connectivity index (χ1v) is 4.84. The Bertz CT molecular complexity index is 281. The molecule has 0 saturated carbocycles. The van der Waals surface area contributed by atoms with Crippen molar-refractivity contribution in [1.29, 1.82) is 0 Å². The van der Waals surface area contributed by atoms with Crippen LogP contribution in [0.1, 0.15) is 31.5 Å². The van der Waals surface area contributed by atoms with E-state index < -0.39 is 0 Å². The van der Waals surface area contributed by atoms with Crippen LogP contribution in [0.2, 0.25) is 0 Å². The Hall–Kier alpha value is -0.900. The quantitative estimate of drug-likeness (QED) is 0.690. The highest BCUT2D eigenvalue weighted by Gasteiger charge is 2.22. The third-order valence-corrected chi connectivity index (χ3v) is 2.74. The van der Waals surface area contributed by atoms with Gasteiger partial charge in [0.25, 0.3) is 0 Å². The van der Waals surface area contributed by atoms with Gasteiger partial charge in [-0.2, -0.15) is 0 Å². The fraction of sp³-hybridized carbons (Fsp3) is 0.778. The molecule has 0 amide bonds. The lowest BCUT2D eigenvalue weighted by atomic mass is 9.92. The van der Waals surface area contributed by atoms with Gasteiger partial charge in [-0.25, -0.2) is 0 Å². The van der Waals surface area contributed by atoms with Crippen molar-refractivity contribution < 1.29 is 0 Å². The number of piperidine rings is 1. The number of aryl methyl sites for hydroxylation is 1. The maximum atomic E-state index is 4.16. The van der Waals surface area contributed by atoms with Crippen molar-refractivity contribution in [3.8, 4) is 0 Å². The van der Waals surface area contributed by atoms with Crippen LogP contribution in [0.25, 0.3) is 0 Å². The smallest absolute Gasteiger partial charge is 0.135 e. The summed E-state index contributed by atoms with van der Waals surface area (Å²) in [6.45, 7) is 3.32. The van der Waals surface area contributed by atoms with Crippen LogP contribution < -0.4 is 5.32 Å². The Labute approximate surface area is 78.4 Å². The second-order valence-corrected chi connectivity index (χ2v) is 3.88. The van der Waals surface area contributed by atoms with Crippen molar-refractivity contribution in [2.75, 3.05) is 6.54 Å². The van der Waals surface area contributed by atoms with Gasteiger partial charge < -0.3 is 9.88 Å². The molecule has 0 spiro atoms. The van der Waals surface area contributed by atoms with E-state index in [4.69, 9.17) is 0 Å². The van der Waals surface area contributed by atoms with Gasteiger partial charge in [-0.3, -0.25) is 0 Å². The first-order valence-electron chi connectivity index (χ1n) is 4.84. The molecule has 2 heterocycles. The van der Waals surface area contributed by atoms with Crippen LogP contribution in [0.3, 0.4) is 0 Å². The van der Waals surface area contributed by atoms with Gasteiger partial charge in [0, 0.05) is 19.0 Å². The summed E-state index contributed by atoms with van der Waals surface area (Å²) in [6, 6.07) is 0.607. The standard InChI is InChI=1S/C9H16N4/c1-7-5-8(3-4-10-7)9-12-11-6-13(9)2/h6-8,10H,3-5H2,1-2H3. The second kappa shape index (κ2) is 3.46. The average Bonchev–Trinajstić information content (AvgIpc) is 2.51. The highest BCUT2D eigenvalue weighted by molar-refractivity contribution is 4.99. The van der Waals surface area contributed by atoms with Gasteiger partial charge in [0.05, 0.1) is 0 Å². The number of nitrogens with zero attached hydrogens (tertiary/aromatic N) is 3. The van der Waals surface area contributed by atoms with Crippen LogP contribution in [-0.2, 0) is 7.05 Å². The minimum absolute atomic E-state index is 0.587. The topological polar surface area (TPSA) is 42.7 Å². The fourth-order valence-electron chi connectivity index (χ4n) is 2.03. The van der Waals surface area contributed by atoms with E-state index in [2.05, 4.69) is 22.4 Å². The number of hydrogen-bond donors (Lipinski definition) is 1. The van der Waals surface area contributed by atoms with Gasteiger partial charge in [0.15, 0.2) is 0 Å². The van der Waals surface area contributed by atoms with E-state index in [9.17, 15) is 0 Å². The Morgan fingerprint density at radius 3 is 3.08 bits per heavy atom. The van der Waals surface area contributed by atoms with Crippen LogP contribution in [0.4, 0.5) is 0 Å². The first-order chi connectivity index (χ1) is 6.27. The van der Waals surface area contributed by atoms with E-state index in [-0.39, 0.29) is 0 Å². The van der Waals surface area contributed by atoms with Gasteiger partial charge in [-0.1, -0.05) is 0 Å². The summed E-state index contributed by atoms with van der Waals surface area (Å²) in [6.07, 6.45) is 4.13. The van der Waals surface area contributed by atoms with Crippen molar-refractivity contribution in [3.05, 3.63) is 12.2 Å². The van der Waals surface area contributed by atoms with E-state index in [1.165, 1.54) is 12.8 Å². The van der Waals surface area contributed by atoms with E-state index in [0.29, 0.717) is 12.0 Å².